The molecule has 21 heavy (non-hydrogen) atoms. The average Bonchev–Trinajstić information content (AvgIpc) is 2.90. The summed E-state index contributed by atoms with van der Waals surface area (Å²) in [6.07, 6.45) is 0.284. The lowest BCUT2D eigenvalue weighted by Gasteiger charge is -2.22. The normalized spacial score (nSPS) is 18.0. The standard InChI is InChI=1S/C16H22N2O3/c1-4-17(5-2)16(20)12-9-15(19)18(11-12)13-7-6-8-14(10-13)21-3/h6-8,10,12H,4-5,9,11H2,1-3H3/t12-/m0/s1. The Morgan fingerprint density at radius 1 is 1.38 bits per heavy atom. The molecule has 0 spiro atoms. The third-order valence-corrected chi connectivity index (χ3v) is 3.91. The van der Waals surface area contributed by atoms with Crippen LogP contribution in [0.15, 0.2) is 24.3 Å². The molecule has 0 bridgehead atoms. The minimum absolute atomic E-state index is 0.00578. The SMILES string of the molecule is CCN(CC)C(=O)[C@H]1CC(=O)N(c2cccc(OC)c2)C1. The molecule has 1 aliphatic rings. The first-order valence-electron chi connectivity index (χ1n) is 7.33. The molecule has 1 aromatic rings. The van der Waals surface area contributed by atoms with E-state index in [1.165, 1.54) is 0 Å². The van der Waals surface area contributed by atoms with Crippen molar-refractivity contribution in [2.75, 3.05) is 31.6 Å². The molecule has 5 nitrogen and oxygen atoms in total. The molecular weight excluding hydrogens is 268 g/mol. The number of amides is 2. The third kappa shape index (κ3) is 3.17. The minimum Gasteiger partial charge on any atom is -0.497 e. The van der Waals surface area contributed by atoms with Crippen molar-refractivity contribution in [3.8, 4) is 5.75 Å². The Kier molecular flexibility index (Phi) is 4.83. The molecule has 0 saturated carbocycles. The Morgan fingerprint density at radius 2 is 2.10 bits per heavy atom. The largest absolute Gasteiger partial charge is 0.497 e. The van der Waals surface area contributed by atoms with Crippen LogP contribution in [0.3, 0.4) is 0 Å². The van der Waals surface area contributed by atoms with E-state index in [-0.39, 0.29) is 24.2 Å². The number of hydrogen-bond acceptors (Lipinski definition) is 3. The topological polar surface area (TPSA) is 49.9 Å². The molecular formula is C16H22N2O3. The first-order chi connectivity index (χ1) is 10.1. The highest BCUT2D eigenvalue weighted by molar-refractivity contribution is 6.00. The van der Waals surface area contributed by atoms with Crippen LogP contribution in [0.2, 0.25) is 0 Å². The van der Waals surface area contributed by atoms with E-state index in [4.69, 9.17) is 4.74 Å². The molecule has 1 aromatic carbocycles. The number of carbonyl (C=O) groups is 2. The van der Waals surface area contributed by atoms with Gasteiger partial charge in [0.05, 0.1) is 13.0 Å². The third-order valence-electron chi connectivity index (χ3n) is 3.91. The summed E-state index contributed by atoms with van der Waals surface area (Å²) in [4.78, 5) is 28.0. The van der Waals surface area contributed by atoms with Crippen molar-refractivity contribution in [1.29, 1.82) is 0 Å². The van der Waals surface area contributed by atoms with Crippen LogP contribution in [0.5, 0.6) is 5.75 Å². The summed E-state index contributed by atoms with van der Waals surface area (Å²) < 4.78 is 5.18. The van der Waals surface area contributed by atoms with E-state index in [1.807, 2.05) is 38.1 Å². The Balaban J connectivity index is 2.14. The van der Waals surface area contributed by atoms with Gasteiger partial charge >= 0.3 is 0 Å². The summed E-state index contributed by atoms with van der Waals surface area (Å²) in [5.41, 5.74) is 0.786. The lowest BCUT2D eigenvalue weighted by Crippen LogP contribution is -2.37. The number of nitrogens with zero attached hydrogens (tertiary/aromatic N) is 2. The second-order valence-electron chi connectivity index (χ2n) is 5.12. The molecule has 0 N–H and O–H groups in total. The number of ether oxygens (including phenoxy) is 1. The molecule has 114 valence electrons. The van der Waals surface area contributed by atoms with Crippen LogP contribution in [0.4, 0.5) is 5.69 Å². The van der Waals surface area contributed by atoms with Gasteiger partial charge in [-0.25, -0.2) is 0 Å². The summed E-state index contributed by atoms with van der Waals surface area (Å²) >= 11 is 0. The second-order valence-corrected chi connectivity index (χ2v) is 5.12. The molecule has 0 aliphatic carbocycles. The van der Waals surface area contributed by atoms with E-state index in [9.17, 15) is 9.59 Å². The van der Waals surface area contributed by atoms with E-state index in [0.717, 1.165) is 5.69 Å². The van der Waals surface area contributed by atoms with E-state index in [1.54, 1.807) is 16.9 Å². The van der Waals surface area contributed by atoms with Gasteiger partial charge in [0.2, 0.25) is 11.8 Å². The number of benzene rings is 1. The summed E-state index contributed by atoms with van der Waals surface area (Å²) in [6.45, 7) is 5.72. The quantitative estimate of drug-likeness (QED) is 0.832. The maximum atomic E-state index is 12.4. The molecule has 1 fully saturated rings. The van der Waals surface area contributed by atoms with Crippen LogP contribution in [0, 0.1) is 5.92 Å². The van der Waals surface area contributed by atoms with Crippen LogP contribution >= 0.6 is 0 Å². The van der Waals surface area contributed by atoms with Gasteiger partial charge in [-0.15, -0.1) is 0 Å². The highest BCUT2D eigenvalue weighted by Crippen LogP contribution is 2.28. The molecule has 2 amide bonds. The maximum absolute atomic E-state index is 12.4. The number of hydrogen-bond donors (Lipinski definition) is 0. The van der Waals surface area contributed by atoms with Gasteiger partial charge in [-0.3, -0.25) is 9.59 Å². The Labute approximate surface area is 125 Å². The fourth-order valence-electron chi connectivity index (χ4n) is 2.69. The van der Waals surface area contributed by atoms with Gasteiger partial charge in [0.15, 0.2) is 0 Å². The van der Waals surface area contributed by atoms with Crippen molar-refractivity contribution in [2.45, 2.75) is 20.3 Å². The smallest absolute Gasteiger partial charge is 0.227 e. The molecule has 0 aromatic heterocycles. The fourth-order valence-corrected chi connectivity index (χ4v) is 2.69. The molecule has 1 aliphatic heterocycles. The van der Waals surface area contributed by atoms with Gasteiger partial charge in [0.1, 0.15) is 5.75 Å². The highest BCUT2D eigenvalue weighted by Gasteiger charge is 2.36. The highest BCUT2D eigenvalue weighted by atomic mass is 16.5. The maximum Gasteiger partial charge on any atom is 0.227 e. The van der Waals surface area contributed by atoms with Gasteiger partial charge in [-0.2, -0.15) is 0 Å². The monoisotopic (exact) mass is 290 g/mol. The van der Waals surface area contributed by atoms with Crippen molar-refractivity contribution in [3.63, 3.8) is 0 Å². The van der Waals surface area contributed by atoms with Crippen molar-refractivity contribution >= 4 is 17.5 Å². The van der Waals surface area contributed by atoms with Crippen molar-refractivity contribution in [1.82, 2.24) is 4.90 Å². The zero-order chi connectivity index (χ0) is 15.4. The van der Waals surface area contributed by atoms with Crippen LogP contribution in [-0.2, 0) is 9.59 Å². The Hall–Kier alpha value is -2.04. The molecule has 2 rings (SSSR count). The molecule has 1 heterocycles. The first kappa shape index (κ1) is 15.4. The summed E-state index contributed by atoms with van der Waals surface area (Å²) in [7, 11) is 1.59. The number of rotatable bonds is 5. The van der Waals surface area contributed by atoms with E-state index in [0.29, 0.717) is 25.4 Å². The Morgan fingerprint density at radius 3 is 2.71 bits per heavy atom. The van der Waals surface area contributed by atoms with Crippen LogP contribution in [0.1, 0.15) is 20.3 Å². The Bertz CT molecular complexity index is 526. The second kappa shape index (κ2) is 6.61. The summed E-state index contributed by atoms with van der Waals surface area (Å²) in [5, 5.41) is 0. The lowest BCUT2D eigenvalue weighted by atomic mass is 10.1. The van der Waals surface area contributed by atoms with Crippen LogP contribution < -0.4 is 9.64 Å². The van der Waals surface area contributed by atoms with Gasteiger partial charge in [-0.1, -0.05) is 6.07 Å². The van der Waals surface area contributed by atoms with Crippen molar-refractivity contribution in [3.05, 3.63) is 24.3 Å². The zero-order valence-electron chi connectivity index (χ0n) is 12.8. The molecule has 0 radical (unpaired) electrons. The first-order valence-corrected chi connectivity index (χ1v) is 7.33. The molecule has 5 heteroatoms. The minimum atomic E-state index is -0.247. The molecule has 1 saturated heterocycles. The van der Waals surface area contributed by atoms with E-state index in [2.05, 4.69) is 0 Å². The summed E-state index contributed by atoms with van der Waals surface area (Å²) in [5.74, 6) is 0.523. The van der Waals surface area contributed by atoms with Crippen LogP contribution in [-0.4, -0.2) is 43.5 Å². The number of carbonyl (C=O) groups excluding carboxylic acids is 2. The van der Waals surface area contributed by atoms with Crippen LogP contribution in [0.25, 0.3) is 0 Å². The average molecular weight is 290 g/mol. The van der Waals surface area contributed by atoms with Gasteiger partial charge < -0.3 is 14.5 Å². The van der Waals surface area contributed by atoms with Gasteiger partial charge in [0, 0.05) is 37.8 Å². The predicted octanol–water partition coefficient (Wildman–Crippen LogP) is 1.92. The van der Waals surface area contributed by atoms with Crippen molar-refractivity contribution < 1.29 is 14.3 Å². The lowest BCUT2D eigenvalue weighted by molar-refractivity contribution is -0.135. The van der Waals surface area contributed by atoms with E-state index < -0.39 is 0 Å². The zero-order valence-corrected chi connectivity index (χ0v) is 12.8. The molecule has 0 unspecified atom stereocenters. The number of anilines is 1. The van der Waals surface area contributed by atoms with Crippen molar-refractivity contribution in [2.24, 2.45) is 5.92 Å². The fraction of sp³-hybridized carbons (Fsp3) is 0.500. The molecule has 1 atom stereocenters. The summed E-state index contributed by atoms with van der Waals surface area (Å²) in [6, 6.07) is 7.37. The number of methoxy groups -OCH3 is 1. The predicted molar refractivity (Wildman–Crippen MR) is 81.4 cm³/mol. The van der Waals surface area contributed by atoms with Gasteiger partial charge in [-0.05, 0) is 26.0 Å². The van der Waals surface area contributed by atoms with E-state index >= 15 is 0 Å². The van der Waals surface area contributed by atoms with Gasteiger partial charge in [0.25, 0.3) is 0 Å².